The van der Waals surface area contributed by atoms with E-state index in [9.17, 15) is 19.2 Å². The molecule has 0 fully saturated rings. The molecular formula is C66H62N2O12. The van der Waals surface area contributed by atoms with Gasteiger partial charge in [-0.05, 0) is 81.9 Å². The van der Waals surface area contributed by atoms with Crippen LogP contribution in [0.4, 0.5) is 0 Å². The Bertz CT molecular complexity index is 2920. The highest BCUT2D eigenvalue weighted by Crippen LogP contribution is 2.27. The average molecular weight is 1080 g/mol. The summed E-state index contributed by atoms with van der Waals surface area (Å²) in [7, 11) is 0. The summed E-state index contributed by atoms with van der Waals surface area (Å²) in [6, 6.07) is 62.7. The third-order valence-corrected chi connectivity index (χ3v) is 13.3. The molecule has 0 unspecified atom stereocenters. The highest BCUT2D eigenvalue weighted by Gasteiger charge is 2.21. The first-order valence-corrected chi connectivity index (χ1v) is 26.6. The number of nitrogens with zero attached hydrogens (tertiary/aromatic N) is 2. The van der Waals surface area contributed by atoms with Gasteiger partial charge < -0.3 is 37.9 Å². The molecule has 14 nitrogen and oxygen atoms in total. The maximum atomic E-state index is 13.7. The molecule has 1 aliphatic heterocycles. The van der Waals surface area contributed by atoms with E-state index < -0.39 is 23.9 Å². The van der Waals surface area contributed by atoms with Crippen LogP contribution >= 0.6 is 0 Å². The van der Waals surface area contributed by atoms with Gasteiger partial charge in [-0.25, -0.2) is 19.2 Å². The van der Waals surface area contributed by atoms with E-state index in [0.29, 0.717) is 62.3 Å². The molecule has 1 aliphatic rings. The lowest BCUT2D eigenvalue weighted by atomic mass is 10.1. The van der Waals surface area contributed by atoms with Crippen molar-refractivity contribution in [2.24, 2.45) is 0 Å². The number of rotatable bonds is 4. The molecule has 8 aromatic rings. The Hall–Kier alpha value is -9.24. The smallest absolute Gasteiger partial charge is 0.341 e. The van der Waals surface area contributed by atoms with Gasteiger partial charge in [0.25, 0.3) is 0 Å². The van der Waals surface area contributed by atoms with Crippen LogP contribution in [0, 0.1) is 0 Å². The summed E-state index contributed by atoms with van der Waals surface area (Å²) >= 11 is 0. The van der Waals surface area contributed by atoms with E-state index in [1.165, 1.54) is 0 Å². The fourth-order valence-corrected chi connectivity index (χ4v) is 8.95. The summed E-state index contributed by atoms with van der Waals surface area (Å²) < 4.78 is 48.7. The zero-order valence-electron chi connectivity index (χ0n) is 44.3. The van der Waals surface area contributed by atoms with Gasteiger partial charge in [0, 0.05) is 39.3 Å². The molecule has 0 spiro atoms. The van der Waals surface area contributed by atoms with Crippen molar-refractivity contribution in [1.82, 2.24) is 9.80 Å². The van der Waals surface area contributed by atoms with Gasteiger partial charge in [-0.15, -0.1) is 0 Å². The van der Waals surface area contributed by atoms with E-state index in [0.717, 1.165) is 33.4 Å². The third-order valence-electron chi connectivity index (χ3n) is 13.3. The number of ether oxygens (including phenoxy) is 8. The molecule has 0 aromatic heterocycles. The summed E-state index contributed by atoms with van der Waals surface area (Å²) in [5.41, 5.74) is 6.38. The van der Waals surface area contributed by atoms with E-state index in [-0.39, 0.29) is 75.1 Å². The first-order valence-electron chi connectivity index (χ1n) is 26.6. The number of carbonyl (C=O) groups is 4. The molecular weight excluding hydrogens is 1010 g/mol. The molecule has 408 valence electrons. The quantitative estimate of drug-likeness (QED) is 0.122. The topological polar surface area (TPSA) is 149 Å². The first-order chi connectivity index (χ1) is 39.3. The lowest BCUT2D eigenvalue weighted by Gasteiger charge is -2.22. The number of para-hydroxylation sites is 4. The van der Waals surface area contributed by atoms with Crippen molar-refractivity contribution < 1.29 is 57.1 Å². The van der Waals surface area contributed by atoms with Crippen LogP contribution in [0.25, 0.3) is 0 Å². The Labute approximate surface area is 465 Å². The van der Waals surface area contributed by atoms with Crippen LogP contribution in [0.2, 0.25) is 0 Å². The van der Waals surface area contributed by atoms with E-state index >= 15 is 0 Å². The molecule has 0 saturated heterocycles. The average Bonchev–Trinajstić information content (AvgIpc) is 3.49. The van der Waals surface area contributed by atoms with Gasteiger partial charge >= 0.3 is 23.9 Å². The summed E-state index contributed by atoms with van der Waals surface area (Å²) in [6.45, 7) is 3.09. The molecule has 0 amide bonds. The van der Waals surface area contributed by atoms with Crippen LogP contribution in [-0.2, 0) is 58.5 Å². The Morgan fingerprint density at radius 1 is 0.263 bits per heavy atom. The Balaban J connectivity index is 0.932. The molecule has 0 saturated carbocycles. The van der Waals surface area contributed by atoms with Crippen molar-refractivity contribution in [3.8, 4) is 23.0 Å². The van der Waals surface area contributed by atoms with Crippen LogP contribution in [-0.4, -0.2) is 86.3 Å². The van der Waals surface area contributed by atoms with Crippen LogP contribution in [0.1, 0.15) is 74.8 Å². The van der Waals surface area contributed by atoms with Crippen molar-refractivity contribution in [3.05, 3.63) is 262 Å². The minimum absolute atomic E-state index is 0.0536. The number of esters is 4. The van der Waals surface area contributed by atoms with Crippen LogP contribution in [0.3, 0.4) is 0 Å². The minimum Gasteiger partial charge on any atom is -0.488 e. The molecule has 9 rings (SSSR count). The summed E-state index contributed by atoms with van der Waals surface area (Å²) in [5.74, 6) is -0.805. The second kappa shape index (κ2) is 28.9. The molecule has 80 heavy (non-hydrogen) atoms. The van der Waals surface area contributed by atoms with E-state index in [1.807, 2.05) is 109 Å². The molecule has 1 heterocycles. The lowest BCUT2D eigenvalue weighted by molar-refractivity contribution is 0.0367. The second-order valence-corrected chi connectivity index (χ2v) is 18.7. The number of hydrogen-bond acceptors (Lipinski definition) is 14. The molecule has 14 heteroatoms. The number of benzene rings is 8. The van der Waals surface area contributed by atoms with Gasteiger partial charge in [-0.1, -0.05) is 158 Å². The Kier molecular flexibility index (Phi) is 20.1. The van der Waals surface area contributed by atoms with Crippen molar-refractivity contribution in [2.45, 2.75) is 39.5 Å². The minimum atomic E-state index is -0.549. The number of cyclic esters (lactones) is 4. The highest BCUT2D eigenvalue weighted by atomic mass is 16.6. The maximum Gasteiger partial charge on any atom is 0.341 e. The molecule has 0 N–H and O–H groups in total. The fraction of sp³-hybridized carbons (Fsp3) is 0.212. The van der Waals surface area contributed by atoms with Crippen LogP contribution < -0.4 is 18.9 Å². The summed E-state index contributed by atoms with van der Waals surface area (Å²) in [4.78, 5) is 59.0. The molecule has 0 atom stereocenters. The first kappa shape index (κ1) is 55.5. The highest BCUT2D eigenvalue weighted by molar-refractivity contribution is 5.94. The van der Waals surface area contributed by atoms with Crippen LogP contribution in [0.5, 0.6) is 23.0 Å². The predicted molar refractivity (Wildman–Crippen MR) is 301 cm³/mol. The Morgan fingerprint density at radius 3 is 0.750 bits per heavy atom. The standard InChI is InChI=1S/C66H62N2O12/c69-63-55-27-11-15-31-59(55)77-45-51-23-7-9-25-53(51)47-79-61-33-17-13-29-57(61)65(71)75-41-37-68(44-50-21-5-2-6-22-50)38-42-76-66(72)58-30-14-18-34-62(58)80-48-54-26-10-8-24-52(54)46-78-60-32-16-12-28-56(60)64(70)74-40-36-67(35-39-73-63)43-49-19-3-1-4-20-49/h1-34H,35-48H2. The van der Waals surface area contributed by atoms with Gasteiger partial charge in [0.1, 0.15) is 98.1 Å². The van der Waals surface area contributed by atoms with Crippen molar-refractivity contribution in [3.63, 3.8) is 0 Å². The van der Waals surface area contributed by atoms with E-state index in [2.05, 4.69) is 9.80 Å². The van der Waals surface area contributed by atoms with Gasteiger partial charge in [-0.3, -0.25) is 9.80 Å². The van der Waals surface area contributed by atoms with Gasteiger partial charge in [0.2, 0.25) is 0 Å². The summed E-state index contributed by atoms with van der Waals surface area (Å²) in [6.07, 6.45) is 0. The largest absolute Gasteiger partial charge is 0.488 e. The zero-order chi connectivity index (χ0) is 55.1. The molecule has 0 bridgehead atoms. The van der Waals surface area contributed by atoms with E-state index in [4.69, 9.17) is 37.9 Å². The molecule has 8 aromatic carbocycles. The number of fused-ring (bicyclic) bond motifs is 6. The fourth-order valence-electron chi connectivity index (χ4n) is 8.95. The van der Waals surface area contributed by atoms with Crippen LogP contribution in [0.15, 0.2) is 206 Å². The van der Waals surface area contributed by atoms with E-state index in [1.54, 1.807) is 97.1 Å². The predicted octanol–water partition coefficient (Wildman–Crippen LogP) is 11.3. The number of hydrogen-bond donors (Lipinski definition) is 0. The van der Waals surface area contributed by atoms with Gasteiger partial charge in [0.05, 0.1) is 0 Å². The summed E-state index contributed by atoms with van der Waals surface area (Å²) in [5, 5.41) is 0. The normalized spacial score (nSPS) is 15.3. The van der Waals surface area contributed by atoms with Crippen molar-refractivity contribution in [1.29, 1.82) is 0 Å². The number of carbonyl (C=O) groups excluding carboxylic acids is 4. The van der Waals surface area contributed by atoms with Gasteiger partial charge in [0.15, 0.2) is 0 Å². The van der Waals surface area contributed by atoms with Gasteiger partial charge in [-0.2, -0.15) is 0 Å². The van der Waals surface area contributed by atoms with Crippen molar-refractivity contribution in [2.75, 3.05) is 52.6 Å². The molecule has 0 radical (unpaired) electrons. The maximum absolute atomic E-state index is 13.7. The second-order valence-electron chi connectivity index (χ2n) is 18.7. The third kappa shape index (κ3) is 15.9. The SMILES string of the molecule is O=C1OCCN(Cc2ccccc2)CCOC(=O)c2ccccc2OCc2ccccc2COc2ccccc2C(=O)OCCN(Cc2ccccc2)CCOC(=O)c2ccccc2OCc2ccccc2COc2ccccc21. The molecule has 0 aliphatic carbocycles. The lowest BCUT2D eigenvalue weighted by Crippen LogP contribution is -2.32. The Morgan fingerprint density at radius 2 is 0.487 bits per heavy atom. The monoisotopic (exact) mass is 1070 g/mol. The zero-order valence-corrected chi connectivity index (χ0v) is 44.3. The van der Waals surface area contributed by atoms with Crippen molar-refractivity contribution >= 4 is 23.9 Å².